The van der Waals surface area contributed by atoms with E-state index < -0.39 is 0 Å². The maximum Gasteiger partial charge on any atom is 0.119 e. The Morgan fingerprint density at radius 3 is 2.33 bits per heavy atom. The molecule has 0 radical (unpaired) electrons. The Morgan fingerprint density at radius 1 is 0.905 bits per heavy atom. The number of nitrogens with one attached hydrogen (secondary N) is 1. The van der Waals surface area contributed by atoms with Crippen molar-refractivity contribution in [3.05, 3.63) is 24.3 Å². The summed E-state index contributed by atoms with van der Waals surface area (Å²) in [5.74, 6) is 0.992. The lowest BCUT2D eigenvalue weighted by molar-refractivity contribution is 0.183. The van der Waals surface area contributed by atoms with Crippen LogP contribution in [0.2, 0.25) is 0 Å². The van der Waals surface area contributed by atoms with Crippen LogP contribution >= 0.6 is 0 Å². The average Bonchev–Trinajstić information content (AvgIpc) is 2.57. The molecule has 2 aliphatic rings. The first-order valence-electron chi connectivity index (χ1n) is 8.33. The largest absolute Gasteiger partial charge is 0.492 e. The Bertz CT molecular complexity index is 409. The molecule has 1 N–H and O–H groups in total. The summed E-state index contributed by atoms with van der Waals surface area (Å²) in [6, 6.07) is 8.57. The molecule has 2 aliphatic heterocycles. The topological polar surface area (TPSA) is 27.7 Å². The van der Waals surface area contributed by atoms with Gasteiger partial charge in [-0.05, 0) is 50.2 Å². The lowest BCUT2D eigenvalue weighted by Crippen LogP contribution is -2.43. The lowest BCUT2D eigenvalue weighted by Gasteiger charge is -2.29. The molecule has 2 fully saturated rings. The van der Waals surface area contributed by atoms with E-state index in [1.807, 2.05) is 0 Å². The highest BCUT2D eigenvalue weighted by Gasteiger charge is 2.11. The van der Waals surface area contributed by atoms with Crippen molar-refractivity contribution in [1.82, 2.24) is 10.2 Å². The van der Waals surface area contributed by atoms with E-state index in [1.165, 1.54) is 38.0 Å². The Kier molecular flexibility index (Phi) is 5.35. The van der Waals surface area contributed by atoms with Gasteiger partial charge in [0.25, 0.3) is 0 Å². The summed E-state index contributed by atoms with van der Waals surface area (Å²) in [5.41, 5.74) is 1.31. The van der Waals surface area contributed by atoms with Crippen LogP contribution < -0.4 is 15.0 Å². The van der Waals surface area contributed by atoms with Gasteiger partial charge >= 0.3 is 0 Å². The molecule has 0 saturated carbocycles. The molecule has 1 aromatic rings. The Labute approximate surface area is 128 Å². The maximum absolute atomic E-state index is 5.88. The molecule has 2 heterocycles. The van der Waals surface area contributed by atoms with Crippen LogP contribution in [0.3, 0.4) is 0 Å². The molecule has 0 unspecified atom stereocenters. The second-order valence-corrected chi connectivity index (χ2v) is 5.98. The van der Waals surface area contributed by atoms with Gasteiger partial charge in [-0.25, -0.2) is 0 Å². The number of hydrogen-bond donors (Lipinski definition) is 1. The SMILES string of the molecule is c1cc(N2CCNCC2)ccc1OCCN1CCCCC1. The molecule has 0 atom stereocenters. The van der Waals surface area contributed by atoms with E-state index in [1.54, 1.807) is 0 Å². The first-order chi connectivity index (χ1) is 10.4. The summed E-state index contributed by atoms with van der Waals surface area (Å²) >= 11 is 0. The van der Waals surface area contributed by atoms with Gasteiger partial charge in [0.15, 0.2) is 0 Å². The van der Waals surface area contributed by atoms with E-state index in [4.69, 9.17) is 4.74 Å². The number of anilines is 1. The number of ether oxygens (including phenoxy) is 1. The molecule has 116 valence electrons. The van der Waals surface area contributed by atoms with Crippen molar-refractivity contribution in [1.29, 1.82) is 0 Å². The summed E-state index contributed by atoms with van der Waals surface area (Å²) < 4.78 is 5.88. The van der Waals surface area contributed by atoms with Crippen LogP contribution in [0.25, 0.3) is 0 Å². The summed E-state index contributed by atoms with van der Waals surface area (Å²) in [6.07, 6.45) is 4.09. The smallest absolute Gasteiger partial charge is 0.119 e. The summed E-state index contributed by atoms with van der Waals surface area (Å²) in [4.78, 5) is 4.94. The molecule has 21 heavy (non-hydrogen) atoms. The van der Waals surface area contributed by atoms with Crippen molar-refractivity contribution in [3.63, 3.8) is 0 Å². The van der Waals surface area contributed by atoms with Gasteiger partial charge in [0.05, 0.1) is 0 Å². The highest BCUT2D eigenvalue weighted by Crippen LogP contribution is 2.20. The number of likely N-dealkylation sites (tertiary alicyclic amines) is 1. The van der Waals surface area contributed by atoms with Crippen LogP contribution in [0.5, 0.6) is 5.75 Å². The highest BCUT2D eigenvalue weighted by molar-refractivity contribution is 5.49. The van der Waals surface area contributed by atoms with Gasteiger partial charge in [0.1, 0.15) is 12.4 Å². The zero-order chi connectivity index (χ0) is 14.3. The van der Waals surface area contributed by atoms with Crippen LogP contribution in [-0.2, 0) is 0 Å². The fourth-order valence-electron chi connectivity index (χ4n) is 3.15. The van der Waals surface area contributed by atoms with Crippen molar-refractivity contribution in [2.24, 2.45) is 0 Å². The fourth-order valence-corrected chi connectivity index (χ4v) is 3.15. The molecule has 0 amide bonds. The van der Waals surface area contributed by atoms with Crippen molar-refractivity contribution in [2.45, 2.75) is 19.3 Å². The molecule has 0 aromatic heterocycles. The van der Waals surface area contributed by atoms with Gasteiger partial charge in [-0.2, -0.15) is 0 Å². The summed E-state index contributed by atoms with van der Waals surface area (Å²) in [7, 11) is 0. The number of benzene rings is 1. The van der Waals surface area contributed by atoms with E-state index in [0.29, 0.717) is 0 Å². The fraction of sp³-hybridized carbons (Fsp3) is 0.647. The van der Waals surface area contributed by atoms with Gasteiger partial charge in [0, 0.05) is 38.4 Å². The zero-order valence-electron chi connectivity index (χ0n) is 12.9. The molecule has 3 rings (SSSR count). The predicted molar refractivity (Wildman–Crippen MR) is 87.3 cm³/mol. The van der Waals surface area contributed by atoms with E-state index in [-0.39, 0.29) is 0 Å². The van der Waals surface area contributed by atoms with E-state index in [2.05, 4.69) is 39.4 Å². The summed E-state index contributed by atoms with van der Waals surface area (Å²) in [5, 5.41) is 3.38. The van der Waals surface area contributed by atoms with Crippen molar-refractivity contribution >= 4 is 5.69 Å². The van der Waals surface area contributed by atoms with E-state index in [0.717, 1.165) is 45.1 Å². The quantitative estimate of drug-likeness (QED) is 0.897. The third-order valence-electron chi connectivity index (χ3n) is 4.44. The molecular formula is C17H27N3O. The molecule has 4 nitrogen and oxygen atoms in total. The second kappa shape index (κ2) is 7.66. The van der Waals surface area contributed by atoms with Crippen LogP contribution in [-0.4, -0.2) is 57.3 Å². The van der Waals surface area contributed by atoms with Crippen molar-refractivity contribution in [2.75, 3.05) is 57.3 Å². The lowest BCUT2D eigenvalue weighted by atomic mass is 10.1. The van der Waals surface area contributed by atoms with Crippen LogP contribution in [0.1, 0.15) is 19.3 Å². The third kappa shape index (κ3) is 4.35. The number of hydrogen-bond acceptors (Lipinski definition) is 4. The van der Waals surface area contributed by atoms with Gasteiger partial charge in [0.2, 0.25) is 0 Å². The minimum atomic E-state index is 0.799. The monoisotopic (exact) mass is 289 g/mol. The van der Waals surface area contributed by atoms with Crippen molar-refractivity contribution in [3.8, 4) is 5.75 Å². The molecule has 0 aliphatic carbocycles. The van der Waals surface area contributed by atoms with Crippen molar-refractivity contribution < 1.29 is 4.74 Å². The molecule has 2 saturated heterocycles. The second-order valence-electron chi connectivity index (χ2n) is 5.98. The van der Waals surface area contributed by atoms with Gasteiger partial charge in [-0.15, -0.1) is 0 Å². The standard InChI is InChI=1S/C17H27N3O/c1-2-10-19(11-3-1)14-15-21-17-6-4-16(5-7-17)20-12-8-18-9-13-20/h4-7,18H,1-3,8-15H2. The number of piperidine rings is 1. The van der Waals surface area contributed by atoms with Gasteiger partial charge < -0.3 is 15.0 Å². The number of piperazine rings is 1. The first kappa shape index (κ1) is 14.7. The molecule has 0 bridgehead atoms. The molecule has 1 aromatic carbocycles. The first-order valence-corrected chi connectivity index (χ1v) is 8.33. The number of nitrogens with zero attached hydrogens (tertiary/aromatic N) is 2. The van der Waals surface area contributed by atoms with E-state index in [9.17, 15) is 0 Å². The predicted octanol–water partition coefficient (Wildman–Crippen LogP) is 1.96. The van der Waals surface area contributed by atoms with Gasteiger partial charge in [-0.3, -0.25) is 4.90 Å². The maximum atomic E-state index is 5.88. The minimum Gasteiger partial charge on any atom is -0.492 e. The van der Waals surface area contributed by atoms with Crippen LogP contribution in [0, 0.1) is 0 Å². The summed E-state index contributed by atoms with van der Waals surface area (Å²) in [6.45, 7) is 8.68. The number of rotatable bonds is 5. The Hall–Kier alpha value is -1.26. The Balaban J connectivity index is 1.43. The highest BCUT2D eigenvalue weighted by atomic mass is 16.5. The van der Waals surface area contributed by atoms with Gasteiger partial charge in [-0.1, -0.05) is 6.42 Å². The zero-order valence-corrected chi connectivity index (χ0v) is 12.9. The van der Waals surface area contributed by atoms with E-state index >= 15 is 0 Å². The third-order valence-corrected chi connectivity index (χ3v) is 4.44. The normalized spacial score (nSPS) is 20.5. The Morgan fingerprint density at radius 2 is 1.62 bits per heavy atom. The molecular weight excluding hydrogens is 262 g/mol. The van der Waals surface area contributed by atoms with Crippen LogP contribution in [0.4, 0.5) is 5.69 Å². The minimum absolute atomic E-state index is 0.799. The molecule has 0 spiro atoms. The average molecular weight is 289 g/mol. The molecule has 4 heteroatoms. The van der Waals surface area contributed by atoms with Crippen LogP contribution in [0.15, 0.2) is 24.3 Å².